The Kier molecular flexibility index (Phi) is 4.93. The number of nitrogens with zero attached hydrogens (tertiary/aromatic N) is 1. The number of carbonyl (C=O) groups is 1. The molecule has 1 aromatic rings. The molecular weight excluding hydrogens is 287 g/mol. The lowest BCUT2D eigenvalue weighted by atomic mass is 10.3. The van der Waals surface area contributed by atoms with E-state index in [2.05, 4.69) is 21.2 Å². The van der Waals surface area contributed by atoms with Gasteiger partial charge in [0.15, 0.2) is 0 Å². The molecule has 1 amide bonds. The molecule has 0 bridgehead atoms. The third-order valence-electron chi connectivity index (χ3n) is 2.53. The maximum Gasteiger partial charge on any atom is 0.241 e. The molecule has 0 radical (unpaired) electrons. The van der Waals surface area contributed by atoms with E-state index in [4.69, 9.17) is 0 Å². The van der Waals surface area contributed by atoms with Gasteiger partial charge in [-0.15, -0.1) is 0 Å². The molecule has 5 heteroatoms. The monoisotopic (exact) mass is 302 g/mol. The van der Waals surface area contributed by atoms with Crippen LogP contribution in [0.15, 0.2) is 22.7 Å². The predicted molar refractivity (Wildman–Crippen MR) is 70.5 cm³/mol. The van der Waals surface area contributed by atoms with Crippen LogP contribution in [0.25, 0.3) is 0 Å². The molecule has 0 heterocycles. The van der Waals surface area contributed by atoms with Crippen molar-refractivity contribution in [3.8, 4) is 0 Å². The summed E-state index contributed by atoms with van der Waals surface area (Å²) in [5.41, 5.74) is 0.579. The number of hydrogen-bond donors (Lipinski definition) is 1. The number of hydrogen-bond acceptors (Lipinski definition) is 2. The topological polar surface area (TPSA) is 32.3 Å². The molecule has 0 saturated carbocycles. The third kappa shape index (κ3) is 4.00. The van der Waals surface area contributed by atoms with Crippen molar-refractivity contribution in [3.63, 3.8) is 0 Å². The van der Waals surface area contributed by atoms with Crippen LogP contribution in [-0.4, -0.2) is 30.4 Å². The van der Waals surface area contributed by atoms with Gasteiger partial charge in [0, 0.05) is 17.6 Å². The maximum atomic E-state index is 13.0. The number of amides is 1. The van der Waals surface area contributed by atoms with Gasteiger partial charge in [0.25, 0.3) is 0 Å². The molecule has 1 aromatic carbocycles. The number of benzene rings is 1. The first-order chi connectivity index (χ1) is 7.91. The summed E-state index contributed by atoms with van der Waals surface area (Å²) < 4.78 is 13.7. The fourth-order valence-electron chi connectivity index (χ4n) is 1.22. The van der Waals surface area contributed by atoms with Crippen molar-refractivity contribution in [2.75, 3.05) is 18.9 Å². The van der Waals surface area contributed by atoms with Gasteiger partial charge in [-0.25, -0.2) is 4.39 Å². The van der Waals surface area contributed by atoms with E-state index in [-0.39, 0.29) is 24.3 Å². The fourth-order valence-corrected chi connectivity index (χ4v) is 1.60. The minimum atomic E-state index is -0.333. The van der Waals surface area contributed by atoms with Crippen molar-refractivity contribution in [1.29, 1.82) is 0 Å². The number of nitrogens with one attached hydrogen (secondary N) is 1. The third-order valence-corrected chi connectivity index (χ3v) is 3.22. The molecular formula is C12H16BrFN2O. The molecule has 3 nitrogen and oxygen atoms in total. The second-order valence-corrected chi connectivity index (χ2v) is 4.93. The summed E-state index contributed by atoms with van der Waals surface area (Å²) in [6, 6.07) is 4.47. The summed E-state index contributed by atoms with van der Waals surface area (Å²) >= 11 is 3.29. The highest BCUT2D eigenvalue weighted by Gasteiger charge is 2.12. The average molecular weight is 303 g/mol. The molecule has 1 rings (SSSR count). The number of carbonyl (C=O) groups excluding carboxylic acids is 1. The van der Waals surface area contributed by atoms with Crippen molar-refractivity contribution in [3.05, 3.63) is 28.5 Å². The Morgan fingerprint density at radius 3 is 2.76 bits per heavy atom. The van der Waals surface area contributed by atoms with Gasteiger partial charge >= 0.3 is 0 Å². The van der Waals surface area contributed by atoms with Crippen molar-refractivity contribution in [1.82, 2.24) is 4.90 Å². The van der Waals surface area contributed by atoms with Crippen LogP contribution < -0.4 is 5.32 Å². The molecule has 0 aliphatic carbocycles. The largest absolute Gasteiger partial charge is 0.375 e. The van der Waals surface area contributed by atoms with Crippen LogP contribution in [0.2, 0.25) is 0 Å². The molecule has 17 heavy (non-hydrogen) atoms. The van der Waals surface area contributed by atoms with Crippen LogP contribution in [-0.2, 0) is 4.79 Å². The van der Waals surface area contributed by atoms with E-state index in [0.717, 1.165) is 4.47 Å². The zero-order chi connectivity index (χ0) is 13.0. The van der Waals surface area contributed by atoms with Gasteiger partial charge in [0.1, 0.15) is 5.82 Å². The molecule has 0 spiro atoms. The lowest BCUT2D eigenvalue weighted by Crippen LogP contribution is -2.37. The Morgan fingerprint density at radius 2 is 2.18 bits per heavy atom. The molecule has 0 aromatic heterocycles. The molecule has 0 aliphatic rings. The van der Waals surface area contributed by atoms with Crippen molar-refractivity contribution in [2.24, 2.45) is 0 Å². The van der Waals surface area contributed by atoms with E-state index in [1.165, 1.54) is 12.1 Å². The Balaban J connectivity index is 2.61. The number of anilines is 1. The number of rotatable bonds is 4. The number of halogens is 2. The molecule has 0 fully saturated rings. The van der Waals surface area contributed by atoms with Gasteiger partial charge in [-0.1, -0.05) is 0 Å². The Morgan fingerprint density at radius 1 is 1.53 bits per heavy atom. The normalized spacial score (nSPS) is 10.5. The zero-order valence-electron chi connectivity index (χ0n) is 10.1. The number of likely N-dealkylation sites (N-methyl/N-ethyl adjacent to an activating group) is 1. The van der Waals surface area contributed by atoms with Gasteiger partial charge in [-0.3, -0.25) is 4.79 Å². The van der Waals surface area contributed by atoms with Crippen LogP contribution >= 0.6 is 15.9 Å². The van der Waals surface area contributed by atoms with E-state index in [1.807, 2.05) is 13.8 Å². The predicted octanol–water partition coefficient (Wildman–Crippen LogP) is 2.87. The molecule has 1 N–H and O–H groups in total. The second kappa shape index (κ2) is 6.00. The molecule has 94 valence electrons. The molecule has 0 unspecified atom stereocenters. The van der Waals surface area contributed by atoms with Crippen LogP contribution in [0, 0.1) is 5.82 Å². The minimum absolute atomic E-state index is 0.0313. The quantitative estimate of drug-likeness (QED) is 0.927. The van der Waals surface area contributed by atoms with Crippen LogP contribution in [0.1, 0.15) is 13.8 Å². The van der Waals surface area contributed by atoms with Crippen LogP contribution in [0.3, 0.4) is 0 Å². The summed E-state index contributed by atoms with van der Waals surface area (Å²) in [6.07, 6.45) is 0. The smallest absolute Gasteiger partial charge is 0.241 e. The first-order valence-electron chi connectivity index (χ1n) is 5.36. The molecule has 0 saturated heterocycles. The summed E-state index contributed by atoms with van der Waals surface area (Å²) in [7, 11) is 1.75. The van der Waals surface area contributed by atoms with Crippen LogP contribution in [0.5, 0.6) is 0 Å². The average Bonchev–Trinajstić information content (AvgIpc) is 2.28. The van der Waals surface area contributed by atoms with Gasteiger partial charge < -0.3 is 10.2 Å². The van der Waals surface area contributed by atoms with E-state index in [9.17, 15) is 9.18 Å². The minimum Gasteiger partial charge on any atom is -0.375 e. The highest BCUT2D eigenvalue weighted by atomic mass is 79.9. The van der Waals surface area contributed by atoms with E-state index >= 15 is 0 Å². The molecule has 0 aliphatic heterocycles. The zero-order valence-corrected chi connectivity index (χ0v) is 11.7. The van der Waals surface area contributed by atoms with Gasteiger partial charge in [-0.05, 0) is 48.0 Å². The highest BCUT2D eigenvalue weighted by molar-refractivity contribution is 9.10. The second-order valence-electron chi connectivity index (χ2n) is 4.08. The Hall–Kier alpha value is -1.10. The molecule has 0 atom stereocenters. The summed E-state index contributed by atoms with van der Waals surface area (Å²) in [4.78, 5) is 13.3. The first kappa shape index (κ1) is 14.0. The lowest BCUT2D eigenvalue weighted by molar-refractivity contribution is -0.129. The summed E-state index contributed by atoms with van der Waals surface area (Å²) in [5.74, 6) is -0.364. The van der Waals surface area contributed by atoms with Crippen LogP contribution in [0.4, 0.5) is 10.1 Å². The standard InChI is InChI=1S/C12H16BrFN2O/c1-8(2)16(3)12(17)7-15-11-6-9(14)4-5-10(11)13/h4-6,8,15H,7H2,1-3H3. The fraction of sp³-hybridized carbons (Fsp3) is 0.417. The van der Waals surface area contributed by atoms with E-state index < -0.39 is 0 Å². The Labute approximate surface area is 109 Å². The Bertz CT molecular complexity index is 409. The first-order valence-corrected chi connectivity index (χ1v) is 6.15. The maximum absolute atomic E-state index is 13.0. The van der Waals surface area contributed by atoms with Gasteiger partial charge in [0.2, 0.25) is 5.91 Å². The van der Waals surface area contributed by atoms with Crippen molar-refractivity contribution >= 4 is 27.5 Å². The summed E-state index contributed by atoms with van der Waals surface area (Å²) in [5, 5.41) is 2.91. The van der Waals surface area contributed by atoms with E-state index in [1.54, 1.807) is 18.0 Å². The highest BCUT2D eigenvalue weighted by Crippen LogP contribution is 2.22. The van der Waals surface area contributed by atoms with Gasteiger partial charge in [-0.2, -0.15) is 0 Å². The SMILES string of the molecule is CC(C)N(C)C(=O)CNc1cc(F)ccc1Br. The summed E-state index contributed by atoms with van der Waals surface area (Å²) in [6.45, 7) is 4.03. The van der Waals surface area contributed by atoms with Crippen molar-refractivity contribution in [2.45, 2.75) is 19.9 Å². The lowest BCUT2D eigenvalue weighted by Gasteiger charge is -2.22. The van der Waals surface area contributed by atoms with E-state index in [0.29, 0.717) is 5.69 Å². The van der Waals surface area contributed by atoms with Gasteiger partial charge in [0.05, 0.1) is 12.2 Å². The van der Waals surface area contributed by atoms with Crippen molar-refractivity contribution < 1.29 is 9.18 Å².